The van der Waals surface area contributed by atoms with E-state index in [1.807, 2.05) is 25.1 Å². The van der Waals surface area contributed by atoms with Gasteiger partial charge in [0.2, 0.25) is 0 Å². The van der Waals surface area contributed by atoms with Crippen molar-refractivity contribution in [3.63, 3.8) is 0 Å². The largest absolute Gasteiger partial charge is 0.312 e. The van der Waals surface area contributed by atoms with Crippen LogP contribution < -0.4 is 10.6 Å². The van der Waals surface area contributed by atoms with Crippen molar-refractivity contribution in [1.82, 2.24) is 10.3 Å². The molecule has 2 aliphatic rings. The first-order valence-electron chi connectivity index (χ1n) is 8.29. The molecule has 1 aromatic heterocycles. The lowest BCUT2D eigenvalue weighted by atomic mass is 9.93. The molecule has 1 amide bonds. The van der Waals surface area contributed by atoms with Gasteiger partial charge in [0.05, 0.1) is 11.2 Å². The number of anilines is 1. The van der Waals surface area contributed by atoms with E-state index in [0.29, 0.717) is 12.0 Å². The van der Waals surface area contributed by atoms with Crippen LogP contribution in [0.3, 0.4) is 0 Å². The minimum Gasteiger partial charge on any atom is -0.312 e. The van der Waals surface area contributed by atoms with E-state index in [9.17, 15) is 4.79 Å². The Hall–Kier alpha value is -1.72. The molecule has 5 heteroatoms. The smallest absolute Gasteiger partial charge is 0.256 e. The van der Waals surface area contributed by atoms with Gasteiger partial charge in [-0.05, 0) is 43.9 Å². The fourth-order valence-corrected chi connectivity index (χ4v) is 3.81. The Kier molecular flexibility index (Phi) is 3.91. The highest BCUT2D eigenvalue weighted by molar-refractivity contribution is 7.15. The van der Waals surface area contributed by atoms with Gasteiger partial charge >= 0.3 is 0 Å². The third-order valence-corrected chi connectivity index (χ3v) is 5.61. The van der Waals surface area contributed by atoms with Gasteiger partial charge in [0.25, 0.3) is 5.91 Å². The number of aromatic nitrogens is 1. The third kappa shape index (κ3) is 3.31. The van der Waals surface area contributed by atoms with Crippen molar-refractivity contribution in [3.05, 3.63) is 46.6 Å². The van der Waals surface area contributed by atoms with Crippen LogP contribution in [0.15, 0.2) is 30.5 Å². The molecule has 1 heterocycles. The van der Waals surface area contributed by atoms with Crippen LogP contribution >= 0.6 is 11.3 Å². The zero-order valence-corrected chi connectivity index (χ0v) is 14.0. The number of hydrogen-bond donors (Lipinski definition) is 2. The molecule has 0 unspecified atom stereocenters. The van der Waals surface area contributed by atoms with E-state index in [-0.39, 0.29) is 5.91 Å². The molecule has 2 saturated carbocycles. The van der Waals surface area contributed by atoms with Gasteiger partial charge in [-0.3, -0.25) is 4.79 Å². The number of benzene rings is 1. The van der Waals surface area contributed by atoms with E-state index in [1.54, 1.807) is 6.20 Å². The Morgan fingerprint density at radius 2 is 2.22 bits per heavy atom. The molecule has 1 aromatic carbocycles. The first-order valence-corrected chi connectivity index (χ1v) is 9.10. The highest BCUT2D eigenvalue weighted by atomic mass is 32.1. The lowest BCUT2D eigenvalue weighted by molar-refractivity contribution is 0.102. The number of nitrogens with zero attached hydrogens (tertiary/aromatic N) is 1. The predicted octanol–water partition coefficient (Wildman–Crippen LogP) is 3.70. The predicted molar refractivity (Wildman–Crippen MR) is 93.2 cm³/mol. The molecule has 0 saturated heterocycles. The lowest BCUT2D eigenvalue weighted by Gasteiger charge is -2.26. The minimum absolute atomic E-state index is 0.0559. The summed E-state index contributed by atoms with van der Waals surface area (Å²) in [6, 6.07) is 9.37. The number of amides is 1. The number of carbonyl (C=O) groups excluding carboxylic acids is 1. The second-order valence-corrected chi connectivity index (χ2v) is 7.80. The first-order chi connectivity index (χ1) is 11.2. The van der Waals surface area contributed by atoms with Crippen molar-refractivity contribution in [1.29, 1.82) is 0 Å². The summed E-state index contributed by atoms with van der Waals surface area (Å²) in [5.41, 5.74) is 2.00. The quantitative estimate of drug-likeness (QED) is 0.880. The van der Waals surface area contributed by atoms with Crippen molar-refractivity contribution >= 4 is 22.2 Å². The standard InChI is InChI=1S/C18H21N3OS/c1-11-19-10-17(23-11)21-18(22)13-5-2-4-12(8-13)15-9-16(15)20-14-6-3-7-14/h2,4-5,8,10,14-16,20H,3,6-7,9H2,1H3,(H,21,22)/t15-,16+/m0/s1. The summed E-state index contributed by atoms with van der Waals surface area (Å²) in [5, 5.41) is 8.41. The maximum Gasteiger partial charge on any atom is 0.256 e. The topological polar surface area (TPSA) is 54.0 Å². The molecule has 120 valence electrons. The van der Waals surface area contributed by atoms with E-state index in [0.717, 1.165) is 21.6 Å². The van der Waals surface area contributed by atoms with Crippen LogP contribution in [0.1, 0.15) is 52.5 Å². The Labute approximate surface area is 140 Å². The Morgan fingerprint density at radius 3 is 2.91 bits per heavy atom. The number of carbonyl (C=O) groups is 1. The van der Waals surface area contributed by atoms with Gasteiger partial charge in [0.1, 0.15) is 5.00 Å². The van der Waals surface area contributed by atoms with E-state index >= 15 is 0 Å². The van der Waals surface area contributed by atoms with Gasteiger partial charge < -0.3 is 10.6 Å². The molecule has 2 aromatic rings. The summed E-state index contributed by atoms with van der Waals surface area (Å²) in [5.74, 6) is 0.508. The van der Waals surface area contributed by atoms with Crippen molar-refractivity contribution < 1.29 is 4.79 Å². The maximum absolute atomic E-state index is 12.4. The minimum atomic E-state index is -0.0559. The van der Waals surface area contributed by atoms with Gasteiger partial charge in [-0.2, -0.15) is 0 Å². The SMILES string of the molecule is Cc1ncc(NC(=O)c2cccc([C@@H]3C[C@H]3NC3CCC3)c2)s1. The van der Waals surface area contributed by atoms with Crippen LogP contribution in [-0.4, -0.2) is 23.0 Å². The van der Waals surface area contributed by atoms with E-state index in [1.165, 1.54) is 42.6 Å². The van der Waals surface area contributed by atoms with Crippen LogP contribution in [0, 0.1) is 6.92 Å². The molecule has 4 rings (SSSR count). The molecule has 2 fully saturated rings. The Morgan fingerprint density at radius 1 is 1.35 bits per heavy atom. The molecule has 2 N–H and O–H groups in total. The first kappa shape index (κ1) is 14.8. The molecule has 23 heavy (non-hydrogen) atoms. The molecule has 2 atom stereocenters. The van der Waals surface area contributed by atoms with Crippen LogP contribution in [-0.2, 0) is 0 Å². The highest BCUT2D eigenvalue weighted by Crippen LogP contribution is 2.42. The highest BCUT2D eigenvalue weighted by Gasteiger charge is 2.40. The maximum atomic E-state index is 12.4. The average Bonchev–Trinajstić information content (AvgIpc) is 3.17. The van der Waals surface area contributed by atoms with Gasteiger partial charge in [-0.1, -0.05) is 18.6 Å². The van der Waals surface area contributed by atoms with Crippen LogP contribution in [0.4, 0.5) is 5.00 Å². The third-order valence-electron chi connectivity index (χ3n) is 4.78. The zero-order chi connectivity index (χ0) is 15.8. The number of aryl methyl sites for hydroxylation is 1. The average molecular weight is 327 g/mol. The summed E-state index contributed by atoms with van der Waals surface area (Å²) < 4.78 is 0. The van der Waals surface area contributed by atoms with Gasteiger partial charge in [-0.25, -0.2) is 4.98 Å². The molecule has 0 aliphatic heterocycles. The summed E-state index contributed by atoms with van der Waals surface area (Å²) in [6.07, 6.45) is 6.90. The van der Waals surface area contributed by atoms with E-state index < -0.39 is 0 Å². The zero-order valence-electron chi connectivity index (χ0n) is 13.2. The van der Waals surface area contributed by atoms with Crippen molar-refractivity contribution in [3.8, 4) is 0 Å². The van der Waals surface area contributed by atoms with Crippen molar-refractivity contribution in [2.24, 2.45) is 0 Å². The monoisotopic (exact) mass is 327 g/mol. The Balaban J connectivity index is 1.41. The van der Waals surface area contributed by atoms with Crippen molar-refractivity contribution in [2.75, 3.05) is 5.32 Å². The summed E-state index contributed by atoms with van der Waals surface area (Å²) in [6.45, 7) is 1.93. The molecular formula is C18H21N3OS. The molecule has 2 aliphatic carbocycles. The normalized spacial score (nSPS) is 23.3. The van der Waals surface area contributed by atoms with E-state index in [4.69, 9.17) is 0 Å². The number of thiazole rings is 1. The molecule has 0 radical (unpaired) electrons. The molecular weight excluding hydrogens is 306 g/mol. The van der Waals surface area contributed by atoms with E-state index in [2.05, 4.69) is 21.7 Å². The molecule has 0 spiro atoms. The number of nitrogens with one attached hydrogen (secondary N) is 2. The lowest BCUT2D eigenvalue weighted by Crippen LogP contribution is -2.37. The number of rotatable bonds is 5. The molecule has 4 nitrogen and oxygen atoms in total. The van der Waals surface area contributed by atoms with Gasteiger partial charge in [0.15, 0.2) is 0 Å². The second-order valence-electron chi connectivity index (χ2n) is 6.57. The molecule has 0 bridgehead atoms. The summed E-state index contributed by atoms with van der Waals surface area (Å²) in [4.78, 5) is 16.6. The van der Waals surface area contributed by atoms with Crippen LogP contribution in [0.5, 0.6) is 0 Å². The van der Waals surface area contributed by atoms with Gasteiger partial charge in [0, 0.05) is 23.6 Å². The fraction of sp³-hybridized carbons (Fsp3) is 0.444. The number of hydrogen-bond acceptors (Lipinski definition) is 4. The Bertz CT molecular complexity index is 723. The summed E-state index contributed by atoms with van der Waals surface area (Å²) in [7, 11) is 0. The van der Waals surface area contributed by atoms with Crippen LogP contribution in [0.2, 0.25) is 0 Å². The second kappa shape index (κ2) is 6.06. The summed E-state index contributed by atoms with van der Waals surface area (Å²) >= 11 is 1.50. The van der Waals surface area contributed by atoms with Crippen LogP contribution in [0.25, 0.3) is 0 Å². The van der Waals surface area contributed by atoms with Crippen molar-refractivity contribution in [2.45, 2.75) is 50.6 Å². The van der Waals surface area contributed by atoms with Gasteiger partial charge in [-0.15, -0.1) is 11.3 Å². The fourth-order valence-electron chi connectivity index (χ4n) is 3.14.